The van der Waals surface area contributed by atoms with Crippen molar-refractivity contribution in [2.45, 2.75) is 5.41 Å². The highest BCUT2D eigenvalue weighted by molar-refractivity contribution is 7.26. The van der Waals surface area contributed by atoms with Gasteiger partial charge in [-0.25, -0.2) is 15.0 Å². The number of hydrogen-bond acceptors (Lipinski definition) is 4. The van der Waals surface area contributed by atoms with Gasteiger partial charge < -0.3 is 0 Å². The first-order valence-corrected chi connectivity index (χ1v) is 21.9. The third-order valence-electron chi connectivity index (χ3n) is 13.0. The van der Waals surface area contributed by atoms with Gasteiger partial charge in [0.05, 0.1) is 5.41 Å². The zero-order chi connectivity index (χ0) is 40.8. The van der Waals surface area contributed by atoms with E-state index in [0.29, 0.717) is 17.5 Å². The van der Waals surface area contributed by atoms with Gasteiger partial charge >= 0.3 is 0 Å². The molecule has 0 N–H and O–H groups in total. The minimum Gasteiger partial charge on any atom is -0.208 e. The third-order valence-corrected chi connectivity index (χ3v) is 14.2. The van der Waals surface area contributed by atoms with E-state index in [4.69, 9.17) is 15.0 Å². The van der Waals surface area contributed by atoms with Gasteiger partial charge in [-0.15, -0.1) is 11.3 Å². The molecule has 0 unspecified atom stereocenters. The Hall–Kier alpha value is -7.79. The summed E-state index contributed by atoms with van der Waals surface area (Å²) in [5.74, 6) is 1.91. The molecule has 11 aromatic rings. The van der Waals surface area contributed by atoms with Crippen LogP contribution in [0.4, 0.5) is 0 Å². The molecule has 0 bridgehead atoms. The van der Waals surface area contributed by atoms with Crippen molar-refractivity contribution in [2.24, 2.45) is 0 Å². The predicted molar refractivity (Wildman–Crippen MR) is 256 cm³/mol. The number of hydrogen-bond donors (Lipinski definition) is 0. The molecular weight excluding hydrogens is 771 g/mol. The largest absolute Gasteiger partial charge is 0.208 e. The van der Waals surface area contributed by atoms with Crippen LogP contribution in [0.25, 0.3) is 98.8 Å². The molecule has 0 radical (unpaired) electrons. The molecule has 288 valence electrons. The maximum atomic E-state index is 5.39. The Labute approximate surface area is 363 Å². The molecule has 0 saturated carbocycles. The monoisotopic (exact) mass is 805 g/mol. The van der Waals surface area contributed by atoms with Crippen LogP contribution in [0.15, 0.2) is 212 Å². The average Bonchev–Trinajstić information content (AvgIpc) is 3.98. The van der Waals surface area contributed by atoms with Gasteiger partial charge in [0.2, 0.25) is 0 Å². The Bertz CT molecular complexity index is 3560. The summed E-state index contributed by atoms with van der Waals surface area (Å²) >= 11 is 1.84. The predicted octanol–water partition coefficient (Wildman–Crippen LogP) is 14.9. The topological polar surface area (TPSA) is 38.7 Å². The lowest BCUT2D eigenvalue weighted by atomic mass is 9.70. The first kappa shape index (κ1) is 35.0. The molecule has 0 atom stereocenters. The zero-order valence-electron chi connectivity index (χ0n) is 33.5. The molecule has 2 aliphatic rings. The average molecular weight is 806 g/mol. The highest BCUT2D eigenvalue weighted by atomic mass is 32.1. The third kappa shape index (κ3) is 5.02. The van der Waals surface area contributed by atoms with Crippen LogP contribution in [-0.2, 0) is 5.41 Å². The van der Waals surface area contributed by atoms with Gasteiger partial charge in [0.1, 0.15) is 0 Å². The Morgan fingerprint density at radius 1 is 0.290 bits per heavy atom. The van der Waals surface area contributed by atoms with Crippen LogP contribution in [0.5, 0.6) is 0 Å². The van der Waals surface area contributed by atoms with Crippen molar-refractivity contribution in [3.8, 4) is 78.7 Å². The zero-order valence-corrected chi connectivity index (χ0v) is 34.3. The number of aromatic nitrogens is 3. The van der Waals surface area contributed by atoms with Crippen molar-refractivity contribution in [3.63, 3.8) is 0 Å². The molecule has 2 aromatic heterocycles. The SMILES string of the molecule is c1ccc(-c2nc(-c3ccccc3-c3ccc4c(c3)-c3ccccc3C43c4ccccc4-c4ccccc43)nc(-c3ccccc3-c3cccc4c3sc3ccccc34)n2)cc1. The number of thiophene rings is 1. The quantitative estimate of drug-likeness (QED) is 0.174. The van der Waals surface area contributed by atoms with E-state index in [9.17, 15) is 0 Å². The summed E-state index contributed by atoms with van der Waals surface area (Å²) in [6, 6.07) is 76.6. The van der Waals surface area contributed by atoms with E-state index in [0.717, 1.165) is 33.4 Å². The van der Waals surface area contributed by atoms with Gasteiger partial charge in [-0.05, 0) is 73.3 Å². The molecule has 0 aliphatic heterocycles. The van der Waals surface area contributed by atoms with Gasteiger partial charge in [-0.2, -0.15) is 0 Å². The van der Waals surface area contributed by atoms with Crippen LogP contribution in [0.3, 0.4) is 0 Å². The van der Waals surface area contributed by atoms with Crippen molar-refractivity contribution >= 4 is 31.5 Å². The Morgan fingerprint density at radius 3 is 1.44 bits per heavy atom. The van der Waals surface area contributed by atoms with Gasteiger partial charge in [0, 0.05) is 42.4 Å². The summed E-state index contributed by atoms with van der Waals surface area (Å²) in [5, 5.41) is 2.54. The molecular formula is C58H35N3S. The van der Waals surface area contributed by atoms with Gasteiger partial charge in [-0.1, -0.05) is 200 Å². The standard InChI is InChI=1S/C58H35N3S/c1-2-17-36(18-3-1)55-59-56(61-57(60-55)47-26-7-5-20-39(47)44-27-16-28-45-43-24-11-15-32-53(43)62-54(44)45)46-25-6-4-19-38(46)37-33-34-52-48(35-37)42-23-10-14-31-51(42)58(52)49-29-12-8-21-40(49)41-22-9-13-30-50(41)58/h1-35H. The van der Waals surface area contributed by atoms with Crippen molar-refractivity contribution < 1.29 is 0 Å². The number of fused-ring (bicyclic) bond motifs is 13. The van der Waals surface area contributed by atoms with Crippen molar-refractivity contribution in [1.29, 1.82) is 0 Å². The molecule has 0 amide bonds. The number of benzene rings is 9. The molecule has 4 heteroatoms. The second-order valence-electron chi connectivity index (χ2n) is 16.2. The van der Waals surface area contributed by atoms with E-state index in [-0.39, 0.29) is 0 Å². The second-order valence-corrected chi connectivity index (χ2v) is 17.2. The van der Waals surface area contributed by atoms with Crippen molar-refractivity contribution in [2.75, 3.05) is 0 Å². The fraction of sp³-hybridized carbons (Fsp3) is 0.0172. The molecule has 62 heavy (non-hydrogen) atoms. The number of rotatable bonds is 5. The smallest absolute Gasteiger partial charge is 0.164 e. The molecule has 1 spiro atoms. The summed E-state index contributed by atoms with van der Waals surface area (Å²) in [5.41, 5.74) is 17.4. The van der Waals surface area contributed by atoms with Gasteiger partial charge in [0.15, 0.2) is 17.5 Å². The molecule has 3 nitrogen and oxygen atoms in total. The molecule has 9 aromatic carbocycles. The van der Waals surface area contributed by atoms with Crippen LogP contribution in [0, 0.1) is 0 Å². The van der Waals surface area contributed by atoms with E-state index in [1.807, 2.05) is 29.5 Å². The summed E-state index contributed by atoms with van der Waals surface area (Å²) in [6.45, 7) is 0. The Morgan fingerprint density at radius 2 is 0.758 bits per heavy atom. The first-order valence-electron chi connectivity index (χ1n) is 21.1. The minimum absolute atomic E-state index is 0.390. The summed E-state index contributed by atoms with van der Waals surface area (Å²) in [6.07, 6.45) is 0. The van der Waals surface area contributed by atoms with E-state index in [1.165, 1.54) is 70.2 Å². The summed E-state index contributed by atoms with van der Waals surface area (Å²) < 4.78 is 2.54. The normalized spacial score (nSPS) is 13.0. The van der Waals surface area contributed by atoms with Crippen LogP contribution in [0.2, 0.25) is 0 Å². The molecule has 2 aliphatic carbocycles. The fourth-order valence-corrected chi connectivity index (χ4v) is 11.6. The van der Waals surface area contributed by atoms with Crippen LogP contribution >= 0.6 is 11.3 Å². The maximum absolute atomic E-state index is 5.39. The minimum atomic E-state index is -0.390. The first-order chi connectivity index (χ1) is 30.8. The Balaban J connectivity index is 1.00. The van der Waals surface area contributed by atoms with Crippen LogP contribution in [-0.4, -0.2) is 15.0 Å². The lowest BCUT2D eigenvalue weighted by Gasteiger charge is -2.30. The highest BCUT2D eigenvalue weighted by Crippen LogP contribution is 2.63. The fourth-order valence-electron chi connectivity index (χ4n) is 10.4. The van der Waals surface area contributed by atoms with E-state index >= 15 is 0 Å². The van der Waals surface area contributed by atoms with Crippen molar-refractivity contribution in [3.05, 3.63) is 235 Å². The lowest BCUT2D eigenvalue weighted by molar-refractivity contribution is 0.794. The maximum Gasteiger partial charge on any atom is 0.164 e. The second kappa shape index (κ2) is 13.6. The van der Waals surface area contributed by atoms with E-state index in [1.54, 1.807) is 0 Å². The molecule has 13 rings (SSSR count). The van der Waals surface area contributed by atoms with Gasteiger partial charge in [0.25, 0.3) is 0 Å². The van der Waals surface area contributed by atoms with Gasteiger partial charge in [-0.3, -0.25) is 0 Å². The Kier molecular flexibility index (Phi) is 7.69. The van der Waals surface area contributed by atoms with E-state index in [2.05, 4.69) is 194 Å². The molecule has 0 saturated heterocycles. The van der Waals surface area contributed by atoms with Crippen molar-refractivity contribution in [1.82, 2.24) is 15.0 Å². The summed E-state index contributed by atoms with van der Waals surface area (Å²) in [4.78, 5) is 15.9. The molecule has 0 fully saturated rings. The molecule has 2 heterocycles. The van der Waals surface area contributed by atoms with Crippen LogP contribution < -0.4 is 0 Å². The van der Waals surface area contributed by atoms with Crippen LogP contribution in [0.1, 0.15) is 22.3 Å². The number of nitrogens with zero attached hydrogens (tertiary/aromatic N) is 3. The van der Waals surface area contributed by atoms with E-state index < -0.39 is 5.41 Å². The summed E-state index contributed by atoms with van der Waals surface area (Å²) in [7, 11) is 0. The lowest BCUT2D eigenvalue weighted by Crippen LogP contribution is -2.25. The highest BCUT2D eigenvalue weighted by Gasteiger charge is 2.51.